The van der Waals surface area contributed by atoms with Crippen molar-refractivity contribution in [2.45, 2.75) is 36.6 Å². The maximum atomic E-state index is 12.0. The minimum absolute atomic E-state index is 0.464. The van der Waals surface area contributed by atoms with Gasteiger partial charge in [0.05, 0.1) is 6.61 Å². The predicted octanol–water partition coefficient (Wildman–Crippen LogP) is -3.86. The first-order valence-corrected chi connectivity index (χ1v) is 6.52. The largest absolute Gasteiger partial charge is 0.479 e. The Morgan fingerprint density at radius 2 is 2.09 bits per heavy atom. The van der Waals surface area contributed by atoms with Crippen molar-refractivity contribution in [1.29, 1.82) is 0 Å². The summed E-state index contributed by atoms with van der Waals surface area (Å²) in [4.78, 5) is 36.5. The smallest absolute Gasteiger partial charge is 0.340 e. The second-order valence-electron chi connectivity index (χ2n) is 5.33. The molecule has 1 aromatic heterocycles. The molecule has 0 aromatic carbocycles. The van der Waals surface area contributed by atoms with E-state index >= 15 is 0 Å². The number of rotatable bonds is 4. The van der Waals surface area contributed by atoms with E-state index in [2.05, 4.69) is 0 Å². The number of aliphatic hydroxyl groups excluding tert-OH is 3. The van der Waals surface area contributed by atoms with Crippen molar-refractivity contribution in [2.24, 2.45) is 0 Å². The van der Waals surface area contributed by atoms with Gasteiger partial charge < -0.3 is 30.3 Å². The number of nitrogens with one attached hydrogen (secondary N) is 1. The molecule has 23 heavy (non-hydrogen) atoms. The summed E-state index contributed by atoms with van der Waals surface area (Å²) in [6.07, 6.45) is -4.53. The Labute approximate surface area is 128 Å². The summed E-state index contributed by atoms with van der Waals surface area (Å²) in [6, 6.07) is 0.843. The van der Waals surface area contributed by atoms with Crippen molar-refractivity contribution in [2.75, 3.05) is 6.61 Å². The van der Waals surface area contributed by atoms with Crippen molar-refractivity contribution < 1.29 is 35.1 Å². The number of carboxylic acids is 1. The summed E-state index contributed by atoms with van der Waals surface area (Å²) in [5, 5.41) is 49.0. The third-order valence-electron chi connectivity index (χ3n) is 3.91. The third-order valence-corrected chi connectivity index (χ3v) is 3.91. The Balaban J connectivity index is 2.79. The lowest BCUT2D eigenvalue weighted by atomic mass is 9.86. The first kappa shape index (κ1) is 17.3. The van der Waals surface area contributed by atoms with Gasteiger partial charge in [-0.1, -0.05) is 0 Å². The molecular formula is C12H16N2O9. The molecule has 0 amide bonds. The van der Waals surface area contributed by atoms with E-state index in [0.29, 0.717) is 4.57 Å². The standard InChI is InChI=1S/C12H16N2O9/c1-11(22,9(19)20)12(8(18)7(17)5(4-15)23-12)14-3-2-6(16)13-10(14)21/h2-3,5,7-8,15,17-18,22H,4H2,1H3,(H,19,20)(H,13,16,21)/t5-,7-,8-,11?,12+/m1/s1. The zero-order valence-electron chi connectivity index (χ0n) is 11.9. The molecule has 5 atom stereocenters. The number of H-pyrrole nitrogens is 1. The van der Waals surface area contributed by atoms with Crippen LogP contribution in [0.25, 0.3) is 0 Å². The molecule has 1 aliphatic heterocycles. The van der Waals surface area contributed by atoms with Crippen molar-refractivity contribution in [3.8, 4) is 0 Å². The Bertz CT molecular complexity index is 724. The molecule has 128 valence electrons. The third kappa shape index (κ3) is 2.29. The maximum absolute atomic E-state index is 12.0. The van der Waals surface area contributed by atoms with E-state index in [9.17, 15) is 39.9 Å². The molecule has 1 aliphatic rings. The van der Waals surface area contributed by atoms with Crippen LogP contribution in [-0.2, 0) is 15.3 Å². The average Bonchev–Trinajstić information content (AvgIpc) is 2.73. The molecule has 0 bridgehead atoms. The first-order chi connectivity index (χ1) is 10.6. The van der Waals surface area contributed by atoms with E-state index in [1.165, 1.54) is 0 Å². The molecule has 1 aromatic rings. The van der Waals surface area contributed by atoms with Gasteiger partial charge in [-0.15, -0.1) is 0 Å². The van der Waals surface area contributed by atoms with Gasteiger partial charge in [-0.2, -0.15) is 0 Å². The Morgan fingerprint density at radius 1 is 1.48 bits per heavy atom. The fourth-order valence-corrected chi connectivity index (χ4v) is 2.62. The first-order valence-electron chi connectivity index (χ1n) is 6.52. The van der Waals surface area contributed by atoms with Crippen LogP contribution >= 0.6 is 0 Å². The van der Waals surface area contributed by atoms with Gasteiger partial charge in [0.1, 0.15) is 18.3 Å². The summed E-state index contributed by atoms with van der Waals surface area (Å²) >= 11 is 0. The zero-order valence-corrected chi connectivity index (χ0v) is 11.9. The van der Waals surface area contributed by atoms with Gasteiger partial charge >= 0.3 is 11.7 Å². The van der Waals surface area contributed by atoms with Crippen molar-refractivity contribution in [3.05, 3.63) is 33.1 Å². The molecule has 1 fully saturated rings. The van der Waals surface area contributed by atoms with Gasteiger partial charge in [0, 0.05) is 12.3 Å². The molecule has 6 N–H and O–H groups in total. The Kier molecular flexibility index (Phi) is 4.17. The summed E-state index contributed by atoms with van der Waals surface area (Å²) in [6.45, 7) is -0.0592. The highest BCUT2D eigenvalue weighted by atomic mass is 16.6. The normalized spacial score (nSPS) is 33.3. The average molecular weight is 332 g/mol. The van der Waals surface area contributed by atoms with Gasteiger partial charge in [0.15, 0.2) is 0 Å². The predicted molar refractivity (Wildman–Crippen MR) is 71.5 cm³/mol. The van der Waals surface area contributed by atoms with Gasteiger partial charge in [0.2, 0.25) is 11.3 Å². The molecule has 0 saturated carbocycles. The van der Waals surface area contributed by atoms with E-state index < -0.39 is 53.5 Å². The number of hydrogen-bond donors (Lipinski definition) is 6. The molecule has 0 spiro atoms. The molecular weight excluding hydrogens is 316 g/mol. The number of ether oxygens (including phenoxy) is 1. The van der Waals surface area contributed by atoms with Crippen LogP contribution in [0.15, 0.2) is 21.9 Å². The number of hydrogen-bond acceptors (Lipinski definition) is 8. The number of nitrogens with zero attached hydrogens (tertiary/aromatic N) is 1. The van der Waals surface area contributed by atoms with Gasteiger partial charge in [-0.05, 0) is 6.92 Å². The number of carbonyl (C=O) groups is 1. The molecule has 2 rings (SSSR count). The molecule has 11 nitrogen and oxygen atoms in total. The van der Waals surface area contributed by atoms with E-state index in [4.69, 9.17) is 4.74 Å². The summed E-state index contributed by atoms with van der Waals surface area (Å²) < 4.78 is 5.68. The van der Waals surface area contributed by atoms with Crippen LogP contribution in [0.2, 0.25) is 0 Å². The van der Waals surface area contributed by atoms with E-state index in [-0.39, 0.29) is 0 Å². The van der Waals surface area contributed by atoms with Gasteiger partial charge in [0.25, 0.3) is 5.56 Å². The second kappa shape index (κ2) is 5.54. The minimum atomic E-state index is -2.89. The Hall–Kier alpha value is -2.05. The van der Waals surface area contributed by atoms with E-state index in [1.54, 1.807) is 0 Å². The van der Waals surface area contributed by atoms with Crippen LogP contribution in [0, 0.1) is 0 Å². The highest BCUT2D eigenvalue weighted by Crippen LogP contribution is 2.43. The number of aromatic amines is 1. The minimum Gasteiger partial charge on any atom is -0.479 e. The van der Waals surface area contributed by atoms with E-state index in [0.717, 1.165) is 19.2 Å². The molecule has 0 radical (unpaired) electrons. The van der Waals surface area contributed by atoms with Crippen molar-refractivity contribution in [1.82, 2.24) is 9.55 Å². The number of aliphatic hydroxyl groups is 4. The molecule has 11 heteroatoms. The topological polar surface area (TPSA) is 182 Å². The monoisotopic (exact) mass is 332 g/mol. The fourth-order valence-electron chi connectivity index (χ4n) is 2.62. The lowest BCUT2D eigenvalue weighted by molar-refractivity contribution is -0.253. The lowest BCUT2D eigenvalue weighted by Crippen LogP contribution is -2.67. The lowest BCUT2D eigenvalue weighted by Gasteiger charge is -2.41. The van der Waals surface area contributed by atoms with Crippen LogP contribution < -0.4 is 11.2 Å². The van der Waals surface area contributed by atoms with Gasteiger partial charge in [-0.3, -0.25) is 14.3 Å². The fraction of sp³-hybridized carbons (Fsp3) is 0.583. The maximum Gasteiger partial charge on any atom is 0.340 e. The summed E-state index contributed by atoms with van der Waals surface area (Å²) in [7, 11) is 0. The van der Waals surface area contributed by atoms with E-state index in [1.807, 2.05) is 4.98 Å². The quantitative estimate of drug-likeness (QED) is 0.321. The highest BCUT2D eigenvalue weighted by Gasteiger charge is 2.68. The second-order valence-corrected chi connectivity index (χ2v) is 5.33. The molecule has 2 heterocycles. The van der Waals surface area contributed by atoms with Crippen LogP contribution in [-0.4, -0.2) is 71.6 Å². The summed E-state index contributed by atoms with van der Waals surface area (Å²) in [5.41, 5.74) is -7.54. The van der Waals surface area contributed by atoms with Crippen LogP contribution in [0.5, 0.6) is 0 Å². The number of aromatic nitrogens is 2. The summed E-state index contributed by atoms with van der Waals surface area (Å²) in [5.74, 6) is -1.86. The van der Waals surface area contributed by atoms with Crippen LogP contribution in [0.3, 0.4) is 0 Å². The SMILES string of the molecule is CC(O)(C(=O)O)[C@@]1(n2ccc(=O)[nH]c2=O)O[C@H](CO)[C@@H](O)[C@H]1O. The van der Waals surface area contributed by atoms with Crippen molar-refractivity contribution >= 4 is 5.97 Å². The van der Waals surface area contributed by atoms with Gasteiger partial charge in [-0.25, -0.2) is 9.59 Å². The molecule has 0 aliphatic carbocycles. The highest BCUT2D eigenvalue weighted by molar-refractivity contribution is 5.78. The molecule has 1 saturated heterocycles. The zero-order chi connectivity index (χ0) is 17.6. The Morgan fingerprint density at radius 3 is 2.52 bits per heavy atom. The molecule has 1 unspecified atom stereocenters. The van der Waals surface area contributed by atoms with Crippen LogP contribution in [0.4, 0.5) is 0 Å². The van der Waals surface area contributed by atoms with Crippen molar-refractivity contribution in [3.63, 3.8) is 0 Å². The number of aliphatic carboxylic acids is 1. The van der Waals surface area contributed by atoms with Crippen LogP contribution in [0.1, 0.15) is 6.92 Å². The number of carboxylic acid groups (broad SMARTS) is 1.